The molecule has 0 bridgehead atoms. The highest BCUT2D eigenvalue weighted by Crippen LogP contribution is 1.97. The summed E-state index contributed by atoms with van der Waals surface area (Å²) in [4.78, 5) is 10.5. The molecule has 19 heavy (non-hydrogen) atoms. The molecule has 0 saturated heterocycles. The van der Waals surface area contributed by atoms with Crippen molar-refractivity contribution in [3.05, 3.63) is 36.5 Å². The predicted molar refractivity (Wildman–Crippen MR) is 79.1 cm³/mol. The van der Waals surface area contributed by atoms with Crippen molar-refractivity contribution in [2.24, 2.45) is 0 Å². The van der Waals surface area contributed by atoms with Gasteiger partial charge in [0, 0.05) is 6.92 Å². The van der Waals surface area contributed by atoms with Gasteiger partial charge in [0.15, 0.2) is 0 Å². The SMILES string of the molecule is CC=CC#CC#CC=CC=CCCCCOC(C)=O. The molecule has 0 aliphatic heterocycles. The van der Waals surface area contributed by atoms with E-state index in [1.165, 1.54) is 6.92 Å². The van der Waals surface area contributed by atoms with Gasteiger partial charge < -0.3 is 4.74 Å². The summed E-state index contributed by atoms with van der Waals surface area (Å²) in [6.45, 7) is 3.85. The summed E-state index contributed by atoms with van der Waals surface area (Å²) in [5.41, 5.74) is 0. The predicted octanol–water partition coefficient (Wildman–Crippen LogP) is 3.42. The fraction of sp³-hybridized carbons (Fsp3) is 0.353. The number of hydrogen-bond donors (Lipinski definition) is 0. The van der Waals surface area contributed by atoms with E-state index >= 15 is 0 Å². The van der Waals surface area contributed by atoms with Gasteiger partial charge in [-0.15, -0.1) is 0 Å². The van der Waals surface area contributed by atoms with E-state index < -0.39 is 0 Å². The third-order valence-electron chi connectivity index (χ3n) is 1.95. The van der Waals surface area contributed by atoms with Crippen LogP contribution in [0.25, 0.3) is 0 Å². The number of carbonyl (C=O) groups excluding carboxylic acids is 1. The lowest BCUT2D eigenvalue weighted by Gasteiger charge is -1.98. The van der Waals surface area contributed by atoms with Crippen LogP contribution < -0.4 is 0 Å². The minimum absolute atomic E-state index is 0.213. The minimum Gasteiger partial charge on any atom is -0.466 e. The number of unbranched alkanes of at least 4 members (excludes halogenated alkanes) is 2. The van der Waals surface area contributed by atoms with Crippen molar-refractivity contribution in [1.82, 2.24) is 0 Å². The molecule has 0 rings (SSSR count). The molecule has 0 saturated carbocycles. The van der Waals surface area contributed by atoms with Gasteiger partial charge >= 0.3 is 5.97 Å². The maximum atomic E-state index is 10.5. The van der Waals surface area contributed by atoms with E-state index in [1.54, 1.807) is 12.2 Å². The van der Waals surface area contributed by atoms with Crippen molar-refractivity contribution in [3.8, 4) is 23.7 Å². The van der Waals surface area contributed by atoms with E-state index in [1.807, 2.05) is 25.2 Å². The quantitative estimate of drug-likeness (QED) is 0.315. The van der Waals surface area contributed by atoms with Crippen molar-refractivity contribution in [1.29, 1.82) is 0 Å². The van der Waals surface area contributed by atoms with Crippen LogP contribution in [0.15, 0.2) is 36.5 Å². The third-order valence-corrected chi connectivity index (χ3v) is 1.95. The summed E-state index contributed by atoms with van der Waals surface area (Å²) < 4.78 is 4.83. The van der Waals surface area contributed by atoms with E-state index in [-0.39, 0.29) is 5.97 Å². The number of rotatable bonds is 6. The Labute approximate surface area is 116 Å². The van der Waals surface area contributed by atoms with Crippen LogP contribution in [0.4, 0.5) is 0 Å². The van der Waals surface area contributed by atoms with Gasteiger partial charge in [-0.2, -0.15) is 0 Å². The summed E-state index contributed by atoms with van der Waals surface area (Å²) in [6.07, 6.45) is 14.2. The van der Waals surface area contributed by atoms with Crippen LogP contribution in [0.2, 0.25) is 0 Å². The normalized spacial score (nSPS) is 10.2. The molecule has 0 aromatic heterocycles. The molecule has 0 N–H and O–H groups in total. The Hall–Kier alpha value is -2.19. The van der Waals surface area contributed by atoms with Crippen molar-refractivity contribution in [3.63, 3.8) is 0 Å². The summed E-state index contributed by atoms with van der Waals surface area (Å²) in [7, 11) is 0. The molecule has 0 aliphatic carbocycles. The minimum atomic E-state index is -0.213. The monoisotopic (exact) mass is 256 g/mol. The maximum absolute atomic E-state index is 10.5. The van der Waals surface area contributed by atoms with Crippen molar-refractivity contribution < 1.29 is 9.53 Å². The molecule has 0 unspecified atom stereocenters. The molecule has 0 aliphatic rings. The van der Waals surface area contributed by atoms with Gasteiger partial charge in [-0.25, -0.2) is 0 Å². The van der Waals surface area contributed by atoms with Crippen molar-refractivity contribution in [2.75, 3.05) is 6.61 Å². The number of hydrogen-bond acceptors (Lipinski definition) is 2. The van der Waals surface area contributed by atoms with Gasteiger partial charge in [-0.1, -0.05) is 36.1 Å². The molecule has 0 spiro atoms. The molecule has 0 amide bonds. The Morgan fingerprint density at radius 3 is 2.53 bits per heavy atom. The first-order chi connectivity index (χ1) is 9.27. The van der Waals surface area contributed by atoms with Crippen LogP contribution in [-0.2, 0) is 9.53 Å². The standard InChI is InChI=1S/C17H20O2/c1-3-4-5-6-7-8-9-10-11-12-13-14-15-16-19-17(2)18/h3-4,9-12H,13-16H2,1-2H3. The zero-order valence-corrected chi connectivity index (χ0v) is 11.6. The Kier molecular flexibility index (Phi) is 12.3. The first kappa shape index (κ1) is 16.8. The molecule has 0 heterocycles. The van der Waals surface area contributed by atoms with Crippen LogP contribution in [0.3, 0.4) is 0 Å². The average molecular weight is 256 g/mol. The van der Waals surface area contributed by atoms with Crippen LogP contribution in [0.5, 0.6) is 0 Å². The highest BCUT2D eigenvalue weighted by molar-refractivity contribution is 5.65. The Morgan fingerprint density at radius 1 is 1.11 bits per heavy atom. The van der Waals surface area contributed by atoms with Crippen LogP contribution in [0.1, 0.15) is 33.1 Å². The molecular formula is C17H20O2. The fourth-order valence-corrected chi connectivity index (χ4v) is 1.10. The number of carbonyl (C=O) groups is 1. The van der Waals surface area contributed by atoms with Gasteiger partial charge in [0.2, 0.25) is 0 Å². The first-order valence-electron chi connectivity index (χ1n) is 6.34. The zero-order valence-electron chi connectivity index (χ0n) is 11.6. The van der Waals surface area contributed by atoms with Gasteiger partial charge in [0.1, 0.15) is 0 Å². The molecular weight excluding hydrogens is 236 g/mol. The van der Waals surface area contributed by atoms with E-state index in [0.29, 0.717) is 6.61 Å². The van der Waals surface area contributed by atoms with Crippen LogP contribution in [0, 0.1) is 23.7 Å². The van der Waals surface area contributed by atoms with Gasteiger partial charge in [0.25, 0.3) is 0 Å². The second-order valence-electron chi connectivity index (χ2n) is 3.66. The molecule has 0 aromatic rings. The van der Waals surface area contributed by atoms with Crippen molar-refractivity contribution in [2.45, 2.75) is 33.1 Å². The van der Waals surface area contributed by atoms with Crippen molar-refractivity contribution >= 4 is 5.97 Å². The fourth-order valence-electron chi connectivity index (χ4n) is 1.10. The lowest BCUT2D eigenvalue weighted by Crippen LogP contribution is -1.99. The second-order valence-corrected chi connectivity index (χ2v) is 3.66. The zero-order chi connectivity index (χ0) is 14.2. The van der Waals surface area contributed by atoms with Gasteiger partial charge in [0.05, 0.1) is 6.61 Å². The lowest BCUT2D eigenvalue weighted by molar-refractivity contribution is -0.141. The molecule has 0 atom stereocenters. The van der Waals surface area contributed by atoms with E-state index in [2.05, 4.69) is 29.8 Å². The van der Waals surface area contributed by atoms with E-state index in [9.17, 15) is 4.79 Å². The maximum Gasteiger partial charge on any atom is 0.302 e. The summed E-state index contributed by atoms with van der Waals surface area (Å²) in [5.74, 6) is 10.8. The summed E-state index contributed by atoms with van der Waals surface area (Å²) >= 11 is 0. The number of esters is 1. The summed E-state index contributed by atoms with van der Waals surface area (Å²) in [6, 6.07) is 0. The largest absolute Gasteiger partial charge is 0.466 e. The molecule has 2 heteroatoms. The number of ether oxygens (including phenoxy) is 1. The Morgan fingerprint density at radius 2 is 1.84 bits per heavy atom. The Bertz CT molecular complexity index is 445. The van der Waals surface area contributed by atoms with Gasteiger partial charge in [-0.3, -0.25) is 4.79 Å². The van der Waals surface area contributed by atoms with Crippen LogP contribution >= 0.6 is 0 Å². The van der Waals surface area contributed by atoms with Gasteiger partial charge in [-0.05, 0) is 50.2 Å². The molecule has 0 fully saturated rings. The topological polar surface area (TPSA) is 26.3 Å². The Balaban J connectivity index is 3.58. The summed E-state index contributed by atoms with van der Waals surface area (Å²) in [5, 5.41) is 0. The average Bonchev–Trinajstić information content (AvgIpc) is 2.39. The molecule has 100 valence electrons. The first-order valence-corrected chi connectivity index (χ1v) is 6.34. The molecule has 0 radical (unpaired) electrons. The highest BCUT2D eigenvalue weighted by atomic mass is 16.5. The highest BCUT2D eigenvalue weighted by Gasteiger charge is 1.90. The van der Waals surface area contributed by atoms with E-state index in [0.717, 1.165) is 19.3 Å². The third kappa shape index (κ3) is 15.8. The molecule has 0 aromatic carbocycles. The van der Waals surface area contributed by atoms with E-state index in [4.69, 9.17) is 4.74 Å². The molecule has 2 nitrogen and oxygen atoms in total. The smallest absolute Gasteiger partial charge is 0.302 e. The number of allylic oxidation sites excluding steroid dienone is 6. The van der Waals surface area contributed by atoms with Crippen LogP contribution in [-0.4, -0.2) is 12.6 Å². The second kappa shape index (κ2) is 13.9. The lowest BCUT2D eigenvalue weighted by atomic mass is 10.2.